The molecule has 0 aromatic carbocycles. The summed E-state index contributed by atoms with van der Waals surface area (Å²) < 4.78 is 0. The van der Waals surface area contributed by atoms with Gasteiger partial charge in [-0.05, 0) is 31.1 Å². The van der Waals surface area contributed by atoms with Gasteiger partial charge in [0.2, 0.25) is 0 Å². The second-order valence-electron chi connectivity index (χ2n) is 6.35. The van der Waals surface area contributed by atoms with E-state index in [1.807, 2.05) is 0 Å². The number of urea groups is 1. The highest BCUT2D eigenvalue weighted by molar-refractivity contribution is 5.80. The van der Waals surface area contributed by atoms with Gasteiger partial charge in [-0.1, -0.05) is 20.3 Å². The summed E-state index contributed by atoms with van der Waals surface area (Å²) in [6.45, 7) is 4.55. The van der Waals surface area contributed by atoms with Gasteiger partial charge in [-0.3, -0.25) is 4.79 Å². The van der Waals surface area contributed by atoms with Gasteiger partial charge in [0.1, 0.15) is 0 Å². The lowest BCUT2D eigenvalue weighted by Crippen LogP contribution is -2.48. The van der Waals surface area contributed by atoms with Gasteiger partial charge in [-0.2, -0.15) is 0 Å². The molecule has 0 aromatic rings. The Bertz CT molecular complexity index is 361. The standard InChI is InChI=1S/C13H22N2O3/c1-12(2)5-3-4-9(12)15-11(18)14-8-13(6-7-13)10(16)17/h9H,3-8H2,1-2H3,(H,16,17)(H2,14,15,18). The predicted molar refractivity (Wildman–Crippen MR) is 67.3 cm³/mol. The SMILES string of the molecule is CC1(C)CCCC1NC(=O)NCC1(C(=O)O)CC1. The molecule has 2 aliphatic carbocycles. The number of hydrogen-bond donors (Lipinski definition) is 3. The third kappa shape index (κ3) is 2.60. The Balaban J connectivity index is 1.78. The molecular weight excluding hydrogens is 232 g/mol. The Morgan fingerprint density at radius 2 is 1.94 bits per heavy atom. The lowest BCUT2D eigenvalue weighted by molar-refractivity contribution is -0.143. The maximum absolute atomic E-state index is 11.8. The molecule has 0 aromatic heterocycles. The summed E-state index contributed by atoms with van der Waals surface area (Å²) >= 11 is 0. The van der Waals surface area contributed by atoms with E-state index >= 15 is 0 Å². The van der Waals surface area contributed by atoms with Crippen molar-refractivity contribution in [2.24, 2.45) is 10.8 Å². The Morgan fingerprint density at radius 3 is 2.39 bits per heavy atom. The fourth-order valence-electron chi connectivity index (χ4n) is 2.67. The summed E-state index contributed by atoms with van der Waals surface area (Å²) in [4.78, 5) is 22.7. The van der Waals surface area contributed by atoms with E-state index in [1.54, 1.807) is 0 Å². The third-order valence-electron chi connectivity index (χ3n) is 4.46. The number of amides is 2. The van der Waals surface area contributed by atoms with E-state index < -0.39 is 11.4 Å². The smallest absolute Gasteiger partial charge is 0.315 e. The molecular formula is C13H22N2O3. The molecule has 0 aliphatic heterocycles. The first-order valence-electron chi connectivity index (χ1n) is 6.64. The molecule has 5 nitrogen and oxygen atoms in total. The number of carboxylic acids is 1. The highest BCUT2D eigenvalue weighted by atomic mass is 16.4. The highest BCUT2D eigenvalue weighted by Crippen LogP contribution is 2.45. The number of hydrogen-bond acceptors (Lipinski definition) is 2. The summed E-state index contributed by atoms with van der Waals surface area (Å²) in [5.41, 5.74) is -0.552. The molecule has 0 saturated heterocycles. The first-order chi connectivity index (χ1) is 8.36. The third-order valence-corrected chi connectivity index (χ3v) is 4.46. The van der Waals surface area contributed by atoms with E-state index in [2.05, 4.69) is 24.5 Å². The number of carbonyl (C=O) groups is 2. The van der Waals surface area contributed by atoms with Crippen molar-refractivity contribution >= 4 is 12.0 Å². The molecule has 0 radical (unpaired) electrons. The van der Waals surface area contributed by atoms with Crippen LogP contribution in [0.15, 0.2) is 0 Å². The summed E-state index contributed by atoms with van der Waals surface area (Å²) in [5, 5.41) is 14.7. The molecule has 102 valence electrons. The van der Waals surface area contributed by atoms with Gasteiger partial charge < -0.3 is 15.7 Å². The zero-order chi connectivity index (χ0) is 13.4. The van der Waals surface area contributed by atoms with Crippen LogP contribution in [0.3, 0.4) is 0 Å². The van der Waals surface area contributed by atoms with Gasteiger partial charge in [0.15, 0.2) is 0 Å². The molecule has 0 spiro atoms. The molecule has 3 N–H and O–H groups in total. The monoisotopic (exact) mass is 254 g/mol. The zero-order valence-electron chi connectivity index (χ0n) is 11.1. The molecule has 0 bridgehead atoms. The fourth-order valence-corrected chi connectivity index (χ4v) is 2.67. The summed E-state index contributed by atoms with van der Waals surface area (Å²) in [6, 6.07) is -0.0417. The van der Waals surface area contributed by atoms with E-state index in [-0.39, 0.29) is 24.0 Å². The average molecular weight is 254 g/mol. The van der Waals surface area contributed by atoms with Crippen LogP contribution in [0, 0.1) is 10.8 Å². The van der Waals surface area contributed by atoms with Crippen molar-refractivity contribution in [3.8, 4) is 0 Å². The van der Waals surface area contributed by atoms with Gasteiger partial charge in [0, 0.05) is 12.6 Å². The van der Waals surface area contributed by atoms with Gasteiger partial charge in [0.25, 0.3) is 0 Å². The van der Waals surface area contributed by atoms with Crippen molar-refractivity contribution < 1.29 is 14.7 Å². The van der Waals surface area contributed by atoms with Crippen molar-refractivity contribution in [1.29, 1.82) is 0 Å². The van der Waals surface area contributed by atoms with E-state index in [1.165, 1.54) is 0 Å². The maximum atomic E-state index is 11.8. The van der Waals surface area contributed by atoms with Crippen LogP contribution in [0.5, 0.6) is 0 Å². The maximum Gasteiger partial charge on any atom is 0.315 e. The molecule has 2 aliphatic rings. The predicted octanol–water partition coefficient (Wildman–Crippen LogP) is 1.73. The van der Waals surface area contributed by atoms with Crippen LogP contribution < -0.4 is 10.6 Å². The van der Waals surface area contributed by atoms with E-state index in [4.69, 9.17) is 5.11 Å². The molecule has 5 heteroatoms. The Labute approximate surface area is 107 Å². The topological polar surface area (TPSA) is 78.4 Å². The van der Waals surface area contributed by atoms with Gasteiger partial charge in [-0.15, -0.1) is 0 Å². The minimum atomic E-state index is -0.802. The van der Waals surface area contributed by atoms with Crippen LogP contribution in [-0.4, -0.2) is 29.7 Å². The lowest BCUT2D eigenvalue weighted by atomic mass is 9.87. The molecule has 2 amide bonds. The van der Waals surface area contributed by atoms with Gasteiger partial charge >= 0.3 is 12.0 Å². The van der Waals surface area contributed by atoms with E-state index in [0.29, 0.717) is 12.8 Å². The van der Waals surface area contributed by atoms with Crippen LogP contribution in [0.4, 0.5) is 4.79 Å². The fraction of sp³-hybridized carbons (Fsp3) is 0.846. The molecule has 2 saturated carbocycles. The van der Waals surface area contributed by atoms with Crippen molar-refractivity contribution in [2.45, 2.75) is 52.0 Å². The number of rotatable bonds is 4. The summed E-state index contributed by atoms with van der Waals surface area (Å²) in [7, 11) is 0. The molecule has 18 heavy (non-hydrogen) atoms. The molecule has 0 heterocycles. The Morgan fingerprint density at radius 1 is 1.28 bits per heavy atom. The lowest BCUT2D eigenvalue weighted by Gasteiger charge is -2.28. The molecule has 2 rings (SSSR count). The average Bonchev–Trinajstić information content (AvgIpc) is 2.99. The Kier molecular flexibility index (Phi) is 3.25. The Hall–Kier alpha value is -1.26. The normalized spacial score (nSPS) is 27.6. The largest absolute Gasteiger partial charge is 0.481 e. The van der Waals surface area contributed by atoms with Crippen molar-refractivity contribution in [3.05, 3.63) is 0 Å². The van der Waals surface area contributed by atoms with Gasteiger partial charge in [-0.25, -0.2) is 4.79 Å². The molecule has 1 atom stereocenters. The quantitative estimate of drug-likeness (QED) is 0.715. The van der Waals surface area contributed by atoms with Crippen molar-refractivity contribution in [1.82, 2.24) is 10.6 Å². The van der Waals surface area contributed by atoms with E-state index in [0.717, 1.165) is 19.3 Å². The van der Waals surface area contributed by atoms with Crippen LogP contribution >= 0.6 is 0 Å². The van der Waals surface area contributed by atoms with Crippen LogP contribution in [-0.2, 0) is 4.79 Å². The summed E-state index contributed by atoms with van der Waals surface area (Å²) in [5.74, 6) is -0.802. The second-order valence-corrected chi connectivity index (χ2v) is 6.35. The number of aliphatic carboxylic acids is 1. The second kappa shape index (κ2) is 4.44. The van der Waals surface area contributed by atoms with Crippen LogP contribution in [0.2, 0.25) is 0 Å². The van der Waals surface area contributed by atoms with Crippen molar-refractivity contribution in [3.63, 3.8) is 0 Å². The molecule has 2 fully saturated rings. The number of carboxylic acid groups (broad SMARTS) is 1. The highest BCUT2D eigenvalue weighted by Gasteiger charge is 2.50. The zero-order valence-corrected chi connectivity index (χ0v) is 11.1. The number of nitrogens with one attached hydrogen (secondary N) is 2. The van der Waals surface area contributed by atoms with Crippen molar-refractivity contribution in [2.75, 3.05) is 6.54 Å². The summed E-state index contributed by atoms with van der Waals surface area (Å²) in [6.07, 6.45) is 4.59. The minimum absolute atomic E-state index is 0.140. The van der Waals surface area contributed by atoms with Crippen LogP contribution in [0.1, 0.15) is 46.0 Å². The van der Waals surface area contributed by atoms with Gasteiger partial charge in [0.05, 0.1) is 5.41 Å². The molecule has 1 unspecified atom stereocenters. The first-order valence-corrected chi connectivity index (χ1v) is 6.64. The number of carbonyl (C=O) groups excluding carboxylic acids is 1. The minimum Gasteiger partial charge on any atom is -0.481 e. The first kappa shape index (κ1) is 13.2. The van der Waals surface area contributed by atoms with E-state index in [9.17, 15) is 9.59 Å². The van der Waals surface area contributed by atoms with Crippen LogP contribution in [0.25, 0.3) is 0 Å².